The molecule has 0 bridgehead atoms. The lowest BCUT2D eigenvalue weighted by molar-refractivity contribution is -0.112. The maximum Gasteiger partial charge on any atom is 0.241 e. The first-order valence-corrected chi connectivity index (χ1v) is 20.5. The molecule has 4 rings (SSSR count). The van der Waals surface area contributed by atoms with Gasteiger partial charge >= 0.3 is 0 Å². The minimum absolute atomic E-state index is 0.0689. The van der Waals surface area contributed by atoms with Crippen molar-refractivity contribution in [2.45, 2.75) is 105 Å². The molecule has 0 N–H and O–H groups in total. The zero-order chi connectivity index (χ0) is 25.3. The number of hydrogen-bond acceptors (Lipinski definition) is 3. The number of carbonyl (C=O) groups is 1. The van der Waals surface area contributed by atoms with Gasteiger partial charge in [-0.15, -0.1) is 0 Å². The van der Waals surface area contributed by atoms with Gasteiger partial charge in [0.2, 0.25) is 8.32 Å². The third kappa shape index (κ3) is 4.50. The zero-order valence-electron chi connectivity index (χ0n) is 23.4. The van der Waals surface area contributed by atoms with E-state index in [0.29, 0.717) is 23.7 Å². The molecule has 4 aliphatic carbocycles. The molecule has 7 atom stereocenters. The Morgan fingerprint density at radius 1 is 1.12 bits per heavy atom. The van der Waals surface area contributed by atoms with Gasteiger partial charge in [-0.1, -0.05) is 39.3 Å². The molecule has 0 aliphatic heterocycles. The van der Waals surface area contributed by atoms with Crippen LogP contribution in [0.4, 0.5) is 0 Å². The highest BCUT2D eigenvalue weighted by Crippen LogP contribution is 2.68. The van der Waals surface area contributed by atoms with Gasteiger partial charge in [-0.3, -0.25) is 4.79 Å². The largest absolute Gasteiger partial charge is 0.547 e. The van der Waals surface area contributed by atoms with Gasteiger partial charge in [0, 0.05) is 11.8 Å². The molecule has 3 fully saturated rings. The van der Waals surface area contributed by atoms with Crippen molar-refractivity contribution in [1.29, 1.82) is 0 Å². The summed E-state index contributed by atoms with van der Waals surface area (Å²) in [6.45, 7) is 23.6. The Morgan fingerprint density at radius 3 is 2.38 bits per heavy atom. The SMILES string of the molecule is CC/C(O[Si](C)(C)C)=C1\[C@H](C)C[C@H]2[C@@H]3CCC4=CC(=O)C=C[C@]4(C)[C@H]3[C@@H](O[Si](C)(C)C)C[C@]12C. The summed E-state index contributed by atoms with van der Waals surface area (Å²) in [7, 11) is -3.45. The molecule has 0 unspecified atom stereocenters. The second-order valence-corrected chi connectivity index (χ2v) is 22.8. The maximum absolute atomic E-state index is 12.3. The Kier molecular flexibility index (Phi) is 6.61. The van der Waals surface area contributed by atoms with Gasteiger partial charge in [0.15, 0.2) is 14.1 Å². The summed E-state index contributed by atoms with van der Waals surface area (Å²) >= 11 is 0. The molecule has 190 valence electrons. The quantitative estimate of drug-likeness (QED) is 0.284. The molecule has 0 radical (unpaired) electrons. The van der Waals surface area contributed by atoms with Gasteiger partial charge in [-0.05, 0) is 112 Å². The van der Waals surface area contributed by atoms with Crippen LogP contribution in [-0.4, -0.2) is 28.5 Å². The lowest BCUT2D eigenvalue weighted by Gasteiger charge is -2.60. The molecule has 4 aliphatic rings. The standard InChI is InChI=1S/C29H48O3Si2/c1-11-24(31-33(5,6)7)26-19(2)16-23-22-13-12-20-17-21(30)14-15-28(20,3)27(22)25(18-29(23,26)4)32-34(8,9)10/h14-15,17,19,22-23,25,27H,11-13,16,18H2,1-10H3/b26-24-/t19-,22+,23+,25+,27-,28+,29+/m1/s1. The Hall–Kier alpha value is -0.916. The van der Waals surface area contributed by atoms with Crippen LogP contribution in [0.5, 0.6) is 0 Å². The van der Waals surface area contributed by atoms with Crippen LogP contribution in [0, 0.1) is 34.5 Å². The highest BCUT2D eigenvalue weighted by Gasteiger charge is 2.63. The van der Waals surface area contributed by atoms with Crippen molar-refractivity contribution in [2.75, 3.05) is 0 Å². The van der Waals surface area contributed by atoms with Crippen molar-refractivity contribution in [3.05, 3.63) is 35.1 Å². The molecule has 0 spiro atoms. The van der Waals surface area contributed by atoms with Crippen LogP contribution in [0.15, 0.2) is 35.1 Å². The lowest BCUT2D eigenvalue weighted by atomic mass is 9.47. The van der Waals surface area contributed by atoms with Gasteiger partial charge in [0.05, 0.1) is 11.9 Å². The summed E-state index contributed by atoms with van der Waals surface area (Å²) < 4.78 is 13.9. The molecular weight excluding hydrogens is 452 g/mol. The van der Waals surface area contributed by atoms with E-state index in [0.717, 1.165) is 19.3 Å². The van der Waals surface area contributed by atoms with E-state index in [1.807, 2.05) is 12.2 Å². The van der Waals surface area contributed by atoms with Crippen molar-refractivity contribution >= 4 is 22.4 Å². The first kappa shape index (κ1) is 26.2. The number of rotatable bonds is 5. The fraction of sp³-hybridized carbons (Fsp3) is 0.759. The van der Waals surface area contributed by atoms with Crippen molar-refractivity contribution in [3.63, 3.8) is 0 Å². The summed E-state index contributed by atoms with van der Waals surface area (Å²) in [5.74, 6) is 3.71. The number of ketones is 1. The summed E-state index contributed by atoms with van der Waals surface area (Å²) in [5, 5.41) is 0. The molecule has 34 heavy (non-hydrogen) atoms. The molecule has 5 heteroatoms. The molecule has 3 nitrogen and oxygen atoms in total. The zero-order valence-corrected chi connectivity index (χ0v) is 25.4. The molecule has 0 saturated heterocycles. The number of fused-ring (bicyclic) bond motifs is 5. The third-order valence-electron chi connectivity index (χ3n) is 9.14. The van der Waals surface area contributed by atoms with E-state index >= 15 is 0 Å². The van der Waals surface area contributed by atoms with Crippen LogP contribution < -0.4 is 0 Å². The molecule has 0 heterocycles. The Morgan fingerprint density at radius 2 is 1.79 bits per heavy atom. The third-order valence-corrected chi connectivity index (χ3v) is 11.0. The van der Waals surface area contributed by atoms with Crippen LogP contribution in [-0.2, 0) is 13.6 Å². The van der Waals surface area contributed by atoms with Crippen LogP contribution in [0.3, 0.4) is 0 Å². The Balaban J connectivity index is 1.83. The lowest BCUT2D eigenvalue weighted by Crippen LogP contribution is -2.57. The van der Waals surface area contributed by atoms with E-state index in [1.54, 1.807) is 5.57 Å². The molecule has 0 aromatic heterocycles. The van der Waals surface area contributed by atoms with Gasteiger partial charge < -0.3 is 8.85 Å². The molecular formula is C29H48O3Si2. The second-order valence-electron chi connectivity index (χ2n) is 14.0. The van der Waals surface area contributed by atoms with E-state index in [4.69, 9.17) is 8.85 Å². The van der Waals surface area contributed by atoms with Crippen molar-refractivity contribution < 1.29 is 13.6 Å². The maximum atomic E-state index is 12.3. The second kappa shape index (κ2) is 8.59. The summed E-state index contributed by atoms with van der Waals surface area (Å²) in [5.41, 5.74) is 3.00. The molecule has 3 saturated carbocycles. The summed E-state index contributed by atoms with van der Waals surface area (Å²) in [6, 6.07) is 0. The average Bonchev–Trinajstić information content (AvgIpc) is 2.94. The van der Waals surface area contributed by atoms with Crippen LogP contribution in [0.25, 0.3) is 0 Å². The van der Waals surface area contributed by atoms with Crippen molar-refractivity contribution in [1.82, 2.24) is 0 Å². The first-order valence-electron chi connectivity index (χ1n) is 13.6. The smallest absolute Gasteiger partial charge is 0.241 e. The summed E-state index contributed by atoms with van der Waals surface area (Å²) in [4.78, 5) is 12.3. The normalized spacial score (nSPS) is 41.4. The number of allylic oxidation sites excluding steroid dienone is 6. The van der Waals surface area contributed by atoms with Gasteiger partial charge in [-0.2, -0.15) is 0 Å². The predicted molar refractivity (Wildman–Crippen MR) is 147 cm³/mol. The van der Waals surface area contributed by atoms with Crippen LogP contribution in [0.2, 0.25) is 39.3 Å². The van der Waals surface area contributed by atoms with E-state index in [1.165, 1.54) is 24.2 Å². The predicted octanol–water partition coefficient (Wildman–Crippen LogP) is 7.89. The fourth-order valence-electron chi connectivity index (χ4n) is 8.29. The minimum Gasteiger partial charge on any atom is -0.547 e. The van der Waals surface area contributed by atoms with E-state index < -0.39 is 16.6 Å². The average molecular weight is 501 g/mol. The minimum atomic E-state index is -1.76. The number of hydrogen-bond donors (Lipinski definition) is 0. The summed E-state index contributed by atoms with van der Waals surface area (Å²) in [6.07, 6.45) is 11.7. The van der Waals surface area contributed by atoms with E-state index in [-0.39, 0.29) is 22.7 Å². The molecule has 0 amide bonds. The highest BCUT2D eigenvalue weighted by atomic mass is 28.4. The van der Waals surface area contributed by atoms with Gasteiger partial charge in [0.25, 0.3) is 0 Å². The highest BCUT2D eigenvalue weighted by molar-refractivity contribution is 6.70. The fourth-order valence-corrected chi connectivity index (χ4v) is 10.4. The Bertz CT molecular complexity index is 934. The van der Waals surface area contributed by atoms with Crippen LogP contribution in [0.1, 0.15) is 59.8 Å². The monoisotopic (exact) mass is 500 g/mol. The molecule has 0 aromatic rings. The van der Waals surface area contributed by atoms with E-state index in [2.05, 4.69) is 73.1 Å². The van der Waals surface area contributed by atoms with Crippen molar-refractivity contribution in [2.24, 2.45) is 34.5 Å². The first-order chi connectivity index (χ1) is 15.6. The topological polar surface area (TPSA) is 35.5 Å². The van der Waals surface area contributed by atoms with Crippen LogP contribution >= 0.6 is 0 Å². The van der Waals surface area contributed by atoms with Gasteiger partial charge in [0.1, 0.15) is 0 Å². The van der Waals surface area contributed by atoms with Crippen molar-refractivity contribution in [3.8, 4) is 0 Å². The van der Waals surface area contributed by atoms with Gasteiger partial charge in [-0.25, -0.2) is 0 Å². The number of carbonyl (C=O) groups excluding carboxylic acids is 1. The van der Waals surface area contributed by atoms with E-state index in [9.17, 15) is 4.79 Å². The molecule has 0 aromatic carbocycles. The Labute approximate surface area is 210 Å².